The molecular formula is C14H20N2O3. The molecule has 0 aliphatic heterocycles. The number of aromatic nitrogens is 2. The first-order valence-electron chi connectivity index (χ1n) is 6.61. The molecule has 2 rings (SSSR count). The highest BCUT2D eigenvalue weighted by atomic mass is 16.5. The predicted molar refractivity (Wildman–Crippen MR) is 70.0 cm³/mol. The summed E-state index contributed by atoms with van der Waals surface area (Å²) in [4.78, 5) is 19.7. The third-order valence-electron chi connectivity index (χ3n) is 3.93. The zero-order valence-corrected chi connectivity index (χ0v) is 11.6. The third-order valence-corrected chi connectivity index (χ3v) is 3.93. The van der Waals surface area contributed by atoms with Gasteiger partial charge in [0.1, 0.15) is 5.60 Å². The number of aryl methyl sites for hydroxylation is 1. The van der Waals surface area contributed by atoms with Crippen LogP contribution in [-0.4, -0.2) is 28.2 Å². The molecule has 1 aromatic heterocycles. The number of carboxylic acids is 1. The van der Waals surface area contributed by atoms with E-state index in [9.17, 15) is 4.79 Å². The van der Waals surface area contributed by atoms with Crippen molar-refractivity contribution in [2.24, 2.45) is 5.92 Å². The van der Waals surface area contributed by atoms with Crippen LogP contribution in [-0.2, 0) is 10.3 Å². The minimum Gasteiger partial charge on any atom is -0.477 e. The molecule has 5 nitrogen and oxygen atoms in total. The van der Waals surface area contributed by atoms with Crippen LogP contribution in [0, 0.1) is 12.8 Å². The molecule has 2 atom stereocenters. The minimum atomic E-state index is -1.02. The number of nitrogens with zero attached hydrogens (tertiary/aromatic N) is 2. The molecule has 1 saturated carbocycles. The van der Waals surface area contributed by atoms with Crippen molar-refractivity contribution in [1.82, 2.24) is 9.97 Å². The minimum absolute atomic E-state index is 0.0691. The van der Waals surface area contributed by atoms with Crippen LogP contribution >= 0.6 is 0 Å². The Morgan fingerprint density at radius 2 is 2.32 bits per heavy atom. The highest BCUT2D eigenvalue weighted by molar-refractivity contribution is 5.86. The van der Waals surface area contributed by atoms with Gasteiger partial charge < -0.3 is 9.84 Å². The fraction of sp³-hybridized carbons (Fsp3) is 0.643. The Morgan fingerprint density at radius 3 is 2.89 bits per heavy atom. The van der Waals surface area contributed by atoms with Gasteiger partial charge in [0.15, 0.2) is 11.5 Å². The highest BCUT2D eigenvalue weighted by Crippen LogP contribution is 2.41. The summed E-state index contributed by atoms with van der Waals surface area (Å²) < 4.78 is 5.69. The van der Waals surface area contributed by atoms with Crippen molar-refractivity contribution >= 4 is 5.97 Å². The van der Waals surface area contributed by atoms with Crippen LogP contribution in [0.15, 0.2) is 6.20 Å². The molecule has 1 aliphatic rings. The van der Waals surface area contributed by atoms with E-state index >= 15 is 0 Å². The maximum Gasteiger partial charge on any atom is 0.354 e. The van der Waals surface area contributed by atoms with Crippen LogP contribution in [0.2, 0.25) is 0 Å². The van der Waals surface area contributed by atoms with Crippen molar-refractivity contribution in [2.45, 2.75) is 45.1 Å². The zero-order valence-electron chi connectivity index (χ0n) is 11.6. The van der Waals surface area contributed by atoms with Crippen LogP contribution < -0.4 is 0 Å². The number of carbonyl (C=O) groups is 1. The molecule has 0 saturated heterocycles. The van der Waals surface area contributed by atoms with E-state index in [4.69, 9.17) is 9.84 Å². The Labute approximate surface area is 113 Å². The largest absolute Gasteiger partial charge is 0.477 e. The molecule has 1 N–H and O–H groups in total. The molecule has 1 aromatic rings. The van der Waals surface area contributed by atoms with Crippen molar-refractivity contribution in [3.05, 3.63) is 23.3 Å². The summed E-state index contributed by atoms with van der Waals surface area (Å²) in [5, 5.41) is 9.17. The van der Waals surface area contributed by atoms with E-state index in [0.717, 1.165) is 19.3 Å². The quantitative estimate of drug-likeness (QED) is 0.908. The number of ether oxygens (including phenoxy) is 1. The van der Waals surface area contributed by atoms with Crippen LogP contribution in [0.5, 0.6) is 0 Å². The molecule has 0 spiro atoms. The molecular weight excluding hydrogens is 244 g/mol. The molecule has 1 heterocycles. The first kappa shape index (κ1) is 13.9. The molecule has 0 aromatic carbocycles. The summed E-state index contributed by atoms with van der Waals surface area (Å²) >= 11 is 0. The number of methoxy groups -OCH3 is 1. The van der Waals surface area contributed by atoms with Gasteiger partial charge in [-0.1, -0.05) is 13.3 Å². The lowest BCUT2D eigenvalue weighted by Crippen LogP contribution is -2.36. The number of hydrogen-bond acceptors (Lipinski definition) is 4. The second-order valence-corrected chi connectivity index (χ2v) is 5.43. The summed E-state index contributed by atoms with van der Waals surface area (Å²) in [6.45, 7) is 3.88. The fourth-order valence-electron chi connectivity index (χ4n) is 2.86. The number of hydrogen-bond donors (Lipinski definition) is 1. The van der Waals surface area contributed by atoms with Gasteiger partial charge in [-0.3, -0.25) is 0 Å². The van der Waals surface area contributed by atoms with E-state index in [1.165, 1.54) is 6.42 Å². The molecule has 2 unspecified atom stereocenters. The number of aromatic carboxylic acids is 1. The third kappa shape index (κ3) is 2.61. The Bertz CT molecular complexity index is 490. The monoisotopic (exact) mass is 264 g/mol. The first-order chi connectivity index (χ1) is 8.98. The number of rotatable bonds is 3. The summed E-state index contributed by atoms with van der Waals surface area (Å²) in [6.07, 6.45) is 5.48. The van der Waals surface area contributed by atoms with E-state index in [-0.39, 0.29) is 5.69 Å². The standard InChI is InChI=1S/C14H20N2O3/c1-9-5-4-6-14(7-9,19-3)13-15-8-10(2)11(16-13)12(17)18/h8-9H,4-7H2,1-3H3,(H,17,18). The molecule has 5 heteroatoms. The lowest BCUT2D eigenvalue weighted by molar-refractivity contribution is -0.0647. The van der Waals surface area contributed by atoms with Gasteiger partial charge in [0.05, 0.1) is 0 Å². The molecule has 0 radical (unpaired) electrons. The summed E-state index contributed by atoms with van der Waals surface area (Å²) in [5.74, 6) is 0.0210. The van der Waals surface area contributed by atoms with Gasteiger partial charge in [-0.25, -0.2) is 14.8 Å². The Hall–Kier alpha value is -1.49. The predicted octanol–water partition coefficient (Wildman–Crippen LogP) is 2.54. The van der Waals surface area contributed by atoms with Gasteiger partial charge in [0.2, 0.25) is 0 Å². The number of carboxylic acid groups (broad SMARTS) is 1. The summed E-state index contributed by atoms with van der Waals surface area (Å²) in [6, 6.07) is 0. The SMILES string of the molecule is COC1(c2ncc(C)c(C(=O)O)n2)CCCC(C)C1. The maximum absolute atomic E-state index is 11.2. The van der Waals surface area contributed by atoms with Crippen LogP contribution in [0.4, 0.5) is 0 Å². The van der Waals surface area contributed by atoms with Gasteiger partial charge in [0, 0.05) is 18.9 Å². The Balaban J connectivity index is 2.43. The zero-order chi connectivity index (χ0) is 14.0. The van der Waals surface area contributed by atoms with E-state index < -0.39 is 11.6 Å². The van der Waals surface area contributed by atoms with Crippen LogP contribution in [0.1, 0.15) is 54.5 Å². The van der Waals surface area contributed by atoms with E-state index in [2.05, 4.69) is 16.9 Å². The second kappa shape index (κ2) is 5.25. The average Bonchev–Trinajstić information content (AvgIpc) is 2.38. The van der Waals surface area contributed by atoms with Crippen molar-refractivity contribution in [2.75, 3.05) is 7.11 Å². The van der Waals surface area contributed by atoms with Gasteiger partial charge in [-0.15, -0.1) is 0 Å². The Kier molecular flexibility index (Phi) is 3.85. The topological polar surface area (TPSA) is 72.3 Å². The van der Waals surface area contributed by atoms with Gasteiger partial charge in [0.25, 0.3) is 0 Å². The smallest absolute Gasteiger partial charge is 0.354 e. The lowest BCUT2D eigenvalue weighted by Gasteiger charge is -2.37. The second-order valence-electron chi connectivity index (χ2n) is 5.43. The van der Waals surface area contributed by atoms with Crippen molar-refractivity contribution in [1.29, 1.82) is 0 Å². The normalized spacial score (nSPS) is 27.2. The molecule has 19 heavy (non-hydrogen) atoms. The highest BCUT2D eigenvalue weighted by Gasteiger charge is 2.39. The van der Waals surface area contributed by atoms with E-state index in [0.29, 0.717) is 17.3 Å². The molecule has 0 amide bonds. The fourth-order valence-corrected chi connectivity index (χ4v) is 2.86. The molecule has 0 bridgehead atoms. The van der Waals surface area contributed by atoms with E-state index in [1.54, 1.807) is 20.2 Å². The van der Waals surface area contributed by atoms with Gasteiger partial charge in [-0.2, -0.15) is 0 Å². The van der Waals surface area contributed by atoms with E-state index in [1.807, 2.05) is 0 Å². The van der Waals surface area contributed by atoms with Crippen LogP contribution in [0.25, 0.3) is 0 Å². The average molecular weight is 264 g/mol. The van der Waals surface area contributed by atoms with Crippen molar-refractivity contribution in [3.63, 3.8) is 0 Å². The molecule has 1 fully saturated rings. The van der Waals surface area contributed by atoms with Gasteiger partial charge in [-0.05, 0) is 32.1 Å². The summed E-state index contributed by atoms with van der Waals surface area (Å²) in [5.41, 5.74) is 0.112. The molecule has 104 valence electrons. The first-order valence-corrected chi connectivity index (χ1v) is 6.61. The van der Waals surface area contributed by atoms with Crippen molar-refractivity contribution < 1.29 is 14.6 Å². The maximum atomic E-state index is 11.2. The van der Waals surface area contributed by atoms with Crippen LogP contribution in [0.3, 0.4) is 0 Å². The molecule has 1 aliphatic carbocycles. The van der Waals surface area contributed by atoms with Crippen molar-refractivity contribution in [3.8, 4) is 0 Å². The lowest BCUT2D eigenvalue weighted by atomic mass is 9.78. The van der Waals surface area contributed by atoms with Gasteiger partial charge >= 0.3 is 5.97 Å². The summed E-state index contributed by atoms with van der Waals surface area (Å²) in [7, 11) is 1.65. The Morgan fingerprint density at radius 1 is 1.58 bits per heavy atom.